The van der Waals surface area contributed by atoms with Gasteiger partial charge in [-0.05, 0) is 38.5 Å². The SMILES string of the molecule is CCOC12CCC(CC1)C(C)(C)C2=S. The van der Waals surface area contributed by atoms with Crippen molar-refractivity contribution in [3.8, 4) is 0 Å². The van der Waals surface area contributed by atoms with Crippen molar-refractivity contribution >= 4 is 17.1 Å². The van der Waals surface area contributed by atoms with Crippen LogP contribution in [-0.2, 0) is 4.74 Å². The molecule has 0 aromatic rings. The zero-order valence-corrected chi connectivity index (χ0v) is 10.2. The standard InChI is InChI=1S/C12H20OS/c1-4-13-12-7-5-9(6-8-12)11(2,3)10(12)14/h9H,4-8H2,1-3H3. The molecule has 0 heterocycles. The average molecular weight is 212 g/mol. The summed E-state index contributed by atoms with van der Waals surface area (Å²) < 4.78 is 5.96. The lowest BCUT2D eigenvalue weighted by Gasteiger charge is -2.55. The number of hydrogen-bond donors (Lipinski definition) is 0. The maximum Gasteiger partial charge on any atom is 0.0998 e. The fourth-order valence-corrected chi connectivity index (χ4v) is 3.72. The number of ether oxygens (including phenoxy) is 1. The summed E-state index contributed by atoms with van der Waals surface area (Å²) >= 11 is 5.65. The van der Waals surface area contributed by atoms with Crippen molar-refractivity contribution in [2.24, 2.45) is 11.3 Å². The number of hydrogen-bond acceptors (Lipinski definition) is 2. The molecular formula is C12H20OS. The van der Waals surface area contributed by atoms with Crippen molar-refractivity contribution in [1.29, 1.82) is 0 Å². The van der Waals surface area contributed by atoms with Gasteiger partial charge in [0.25, 0.3) is 0 Å². The Labute approximate surface area is 92.2 Å². The van der Waals surface area contributed by atoms with E-state index in [2.05, 4.69) is 20.8 Å². The van der Waals surface area contributed by atoms with Crippen molar-refractivity contribution < 1.29 is 4.74 Å². The highest BCUT2D eigenvalue weighted by Gasteiger charge is 2.54. The van der Waals surface area contributed by atoms with Crippen LogP contribution in [0.25, 0.3) is 0 Å². The highest BCUT2D eigenvalue weighted by molar-refractivity contribution is 7.80. The minimum Gasteiger partial charge on any atom is -0.370 e. The highest BCUT2D eigenvalue weighted by Crippen LogP contribution is 2.53. The Morgan fingerprint density at radius 3 is 2.43 bits per heavy atom. The summed E-state index contributed by atoms with van der Waals surface area (Å²) in [5.41, 5.74) is 0.184. The van der Waals surface area contributed by atoms with Gasteiger partial charge in [-0.3, -0.25) is 0 Å². The van der Waals surface area contributed by atoms with Crippen molar-refractivity contribution in [1.82, 2.24) is 0 Å². The lowest BCUT2D eigenvalue weighted by Crippen LogP contribution is -2.58. The monoisotopic (exact) mass is 212 g/mol. The molecule has 3 aliphatic carbocycles. The zero-order chi connectivity index (χ0) is 10.4. The Morgan fingerprint density at radius 1 is 1.36 bits per heavy atom. The molecule has 0 aromatic heterocycles. The van der Waals surface area contributed by atoms with Gasteiger partial charge in [-0.25, -0.2) is 0 Å². The van der Waals surface area contributed by atoms with Crippen LogP contribution in [0.4, 0.5) is 0 Å². The maximum atomic E-state index is 5.96. The molecule has 14 heavy (non-hydrogen) atoms. The molecule has 0 amide bonds. The second-order valence-electron chi connectivity index (χ2n) is 5.25. The number of fused-ring (bicyclic) bond motifs is 3. The summed E-state index contributed by atoms with van der Waals surface area (Å²) in [7, 11) is 0. The summed E-state index contributed by atoms with van der Waals surface area (Å²) in [6.07, 6.45) is 4.92. The third kappa shape index (κ3) is 1.27. The van der Waals surface area contributed by atoms with Gasteiger partial charge in [-0.2, -0.15) is 0 Å². The third-order valence-electron chi connectivity index (χ3n) is 4.23. The molecule has 0 N–H and O–H groups in total. The zero-order valence-electron chi connectivity index (χ0n) is 9.43. The molecular weight excluding hydrogens is 192 g/mol. The van der Waals surface area contributed by atoms with E-state index < -0.39 is 0 Å². The fraction of sp³-hybridized carbons (Fsp3) is 0.917. The topological polar surface area (TPSA) is 9.23 Å². The van der Waals surface area contributed by atoms with Gasteiger partial charge in [0.05, 0.1) is 5.60 Å². The van der Waals surface area contributed by atoms with Crippen molar-refractivity contribution in [2.75, 3.05) is 6.61 Å². The van der Waals surface area contributed by atoms with Crippen molar-refractivity contribution in [2.45, 2.75) is 52.1 Å². The Kier molecular flexibility index (Phi) is 2.47. The molecule has 80 valence electrons. The molecule has 0 aromatic carbocycles. The Hall–Kier alpha value is 0.0500. The van der Waals surface area contributed by atoms with E-state index in [0.29, 0.717) is 0 Å². The van der Waals surface area contributed by atoms with Crippen LogP contribution in [0.2, 0.25) is 0 Å². The number of thiocarbonyl (C=S) groups is 1. The molecule has 3 rings (SSSR count). The predicted octanol–water partition coefficient (Wildman–Crippen LogP) is 3.36. The van der Waals surface area contributed by atoms with Gasteiger partial charge >= 0.3 is 0 Å². The third-order valence-corrected chi connectivity index (χ3v) is 5.13. The first kappa shape index (κ1) is 10.6. The van der Waals surface area contributed by atoms with E-state index in [1.165, 1.54) is 17.7 Å². The Morgan fingerprint density at radius 2 is 1.93 bits per heavy atom. The largest absolute Gasteiger partial charge is 0.370 e. The quantitative estimate of drug-likeness (QED) is 0.649. The van der Waals surface area contributed by atoms with E-state index in [-0.39, 0.29) is 11.0 Å². The molecule has 2 heteroatoms. The molecule has 0 spiro atoms. The maximum absolute atomic E-state index is 5.96. The summed E-state index contributed by atoms with van der Waals surface area (Å²) in [4.78, 5) is 1.19. The second kappa shape index (κ2) is 3.28. The molecule has 0 saturated heterocycles. The molecule has 0 aliphatic heterocycles. The van der Waals surface area contributed by atoms with Crippen LogP contribution in [0, 0.1) is 11.3 Å². The van der Waals surface area contributed by atoms with Gasteiger partial charge < -0.3 is 4.74 Å². The van der Waals surface area contributed by atoms with Crippen LogP contribution in [0.3, 0.4) is 0 Å². The van der Waals surface area contributed by atoms with E-state index in [4.69, 9.17) is 17.0 Å². The van der Waals surface area contributed by atoms with Crippen LogP contribution < -0.4 is 0 Å². The fourth-order valence-electron chi connectivity index (χ4n) is 3.29. The second-order valence-corrected chi connectivity index (χ2v) is 5.66. The first-order valence-corrected chi connectivity index (χ1v) is 6.12. The Balaban J connectivity index is 2.30. The molecule has 0 atom stereocenters. The van der Waals surface area contributed by atoms with E-state index >= 15 is 0 Å². The van der Waals surface area contributed by atoms with Gasteiger partial charge in [-0.15, -0.1) is 0 Å². The van der Waals surface area contributed by atoms with E-state index in [1.807, 2.05) is 0 Å². The van der Waals surface area contributed by atoms with Gasteiger partial charge in [0.1, 0.15) is 0 Å². The molecule has 2 bridgehead atoms. The molecule has 0 unspecified atom stereocenters. The van der Waals surface area contributed by atoms with Crippen molar-refractivity contribution in [3.05, 3.63) is 0 Å². The summed E-state index contributed by atoms with van der Waals surface area (Å²) in [5, 5.41) is 0. The summed E-state index contributed by atoms with van der Waals surface area (Å²) in [5.74, 6) is 0.803. The Bertz CT molecular complexity index is 244. The molecule has 3 fully saturated rings. The van der Waals surface area contributed by atoms with Crippen LogP contribution >= 0.6 is 12.2 Å². The number of rotatable bonds is 2. The van der Waals surface area contributed by atoms with Crippen LogP contribution in [0.5, 0.6) is 0 Å². The van der Waals surface area contributed by atoms with Gasteiger partial charge in [0.15, 0.2) is 0 Å². The van der Waals surface area contributed by atoms with E-state index in [1.54, 1.807) is 0 Å². The van der Waals surface area contributed by atoms with Crippen molar-refractivity contribution in [3.63, 3.8) is 0 Å². The minimum atomic E-state index is -0.0394. The smallest absolute Gasteiger partial charge is 0.0998 e. The first-order valence-electron chi connectivity index (χ1n) is 5.72. The summed E-state index contributed by atoms with van der Waals surface area (Å²) in [6.45, 7) is 7.46. The van der Waals surface area contributed by atoms with Crippen LogP contribution in [-0.4, -0.2) is 17.1 Å². The molecule has 0 radical (unpaired) electrons. The molecule has 1 nitrogen and oxygen atoms in total. The molecule has 3 aliphatic rings. The highest BCUT2D eigenvalue weighted by atomic mass is 32.1. The van der Waals surface area contributed by atoms with Gasteiger partial charge in [0, 0.05) is 16.9 Å². The van der Waals surface area contributed by atoms with Crippen LogP contribution in [0.15, 0.2) is 0 Å². The molecule has 3 saturated carbocycles. The first-order chi connectivity index (χ1) is 6.53. The van der Waals surface area contributed by atoms with E-state index in [0.717, 1.165) is 25.4 Å². The average Bonchev–Trinajstić information content (AvgIpc) is 2.15. The predicted molar refractivity (Wildman–Crippen MR) is 62.7 cm³/mol. The minimum absolute atomic E-state index is 0.0394. The summed E-state index contributed by atoms with van der Waals surface area (Å²) in [6, 6.07) is 0. The van der Waals surface area contributed by atoms with Gasteiger partial charge in [0.2, 0.25) is 0 Å². The van der Waals surface area contributed by atoms with E-state index in [9.17, 15) is 0 Å². The normalized spacial score (nSPS) is 40.2. The van der Waals surface area contributed by atoms with Gasteiger partial charge in [-0.1, -0.05) is 26.1 Å². The van der Waals surface area contributed by atoms with Crippen LogP contribution in [0.1, 0.15) is 46.5 Å². The lowest BCUT2D eigenvalue weighted by molar-refractivity contribution is -0.0559. The lowest BCUT2D eigenvalue weighted by atomic mass is 9.55.